The maximum Gasteiger partial charge on any atom is 0.412 e. The first-order valence-corrected chi connectivity index (χ1v) is 10.8. The van der Waals surface area contributed by atoms with Crippen LogP contribution in [-0.2, 0) is 6.54 Å². The minimum Gasteiger partial charge on any atom is -0.435 e. The smallest absolute Gasteiger partial charge is 0.412 e. The van der Waals surface area contributed by atoms with Gasteiger partial charge in [0, 0.05) is 24.7 Å². The number of fused-ring (bicyclic) bond motifs is 2. The van der Waals surface area contributed by atoms with Gasteiger partial charge in [-0.2, -0.15) is 13.9 Å². The molecule has 0 aliphatic carbocycles. The second kappa shape index (κ2) is 10.00. The number of hydrogen-bond acceptors (Lipinski definition) is 7. The van der Waals surface area contributed by atoms with Crippen molar-refractivity contribution in [3.8, 4) is 22.9 Å². The number of hydrogen-bond donors (Lipinski definition) is 2. The summed E-state index contributed by atoms with van der Waals surface area (Å²) in [5.41, 5.74) is 2.39. The van der Waals surface area contributed by atoms with E-state index < -0.39 is 12.7 Å². The third-order valence-electron chi connectivity index (χ3n) is 5.03. The van der Waals surface area contributed by atoms with Crippen LogP contribution >= 0.6 is 0 Å². The summed E-state index contributed by atoms with van der Waals surface area (Å²) in [6.07, 6.45) is 3.25. The van der Waals surface area contributed by atoms with Gasteiger partial charge >= 0.3 is 12.7 Å². The van der Waals surface area contributed by atoms with Gasteiger partial charge in [0.15, 0.2) is 16.9 Å². The lowest BCUT2D eigenvalue weighted by atomic mass is 10.1. The number of aryl methyl sites for hydroxylation is 1. The summed E-state index contributed by atoms with van der Waals surface area (Å²) in [4.78, 5) is 25.8. The van der Waals surface area contributed by atoms with Gasteiger partial charge in [-0.15, -0.1) is 0 Å². The Morgan fingerprint density at radius 2 is 2.15 bits per heavy atom. The van der Waals surface area contributed by atoms with Gasteiger partial charge < -0.3 is 24.7 Å². The van der Waals surface area contributed by atoms with Crippen LogP contribution in [-0.4, -0.2) is 69.5 Å². The summed E-state index contributed by atoms with van der Waals surface area (Å²) < 4.78 is 37.4. The predicted octanol–water partition coefficient (Wildman–Crippen LogP) is 3.64. The van der Waals surface area contributed by atoms with Gasteiger partial charge in [-0.1, -0.05) is 0 Å². The SMILES string of the molecule is CCNC(=O)Oc1c[nH]c2ncc(-c3nn(CCCN(C)C)c4ccc(OC(F)F)cc34)nc12. The number of carbonyl (C=O) groups excluding carboxylic acids is 1. The van der Waals surface area contributed by atoms with Crippen LogP contribution in [0.5, 0.6) is 11.5 Å². The van der Waals surface area contributed by atoms with Gasteiger partial charge in [-0.3, -0.25) is 4.68 Å². The second-order valence-corrected chi connectivity index (χ2v) is 7.81. The van der Waals surface area contributed by atoms with E-state index in [1.807, 2.05) is 18.8 Å². The Hall–Kier alpha value is -3.80. The van der Waals surface area contributed by atoms with Crippen molar-refractivity contribution in [3.05, 3.63) is 30.6 Å². The molecule has 10 nitrogen and oxygen atoms in total. The molecule has 4 rings (SSSR count). The molecule has 0 saturated heterocycles. The molecule has 2 N–H and O–H groups in total. The fourth-order valence-electron chi connectivity index (χ4n) is 3.57. The average molecular weight is 473 g/mol. The van der Waals surface area contributed by atoms with E-state index in [0.29, 0.717) is 41.0 Å². The van der Waals surface area contributed by atoms with Crippen LogP contribution in [0.3, 0.4) is 0 Å². The van der Waals surface area contributed by atoms with Gasteiger partial charge in [0.2, 0.25) is 0 Å². The van der Waals surface area contributed by atoms with Gasteiger partial charge in [0.05, 0.1) is 11.7 Å². The number of nitrogens with zero attached hydrogens (tertiary/aromatic N) is 5. The molecule has 0 aliphatic heterocycles. The van der Waals surface area contributed by atoms with E-state index in [2.05, 4.69) is 29.9 Å². The van der Waals surface area contributed by atoms with Crippen LogP contribution in [0.1, 0.15) is 13.3 Å². The first kappa shape index (κ1) is 23.4. The Labute approximate surface area is 193 Å². The minimum atomic E-state index is -2.94. The van der Waals surface area contributed by atoms with E-state index in [1.54, 1.807) is 13.0 Å². The molecule has 180 valence electrons. The van der Waals surface area contributed by atoms with Crippen molar-refractivity contribution >= 4 is 28.2 Å². The number of carbonyl (C=O) groups is 1. The average Bonchev–Trinajstić information content (AvgIpc) is 3.34. The number of aromatic nitrogens is 5. The zero-order valence-electron chi connectivity index (χ0n) is 19.0. The topological polar surface area (TPSA) is 110 Å². The normalized spacial score (nSPS) is 11.6. The van der Waals surface area contributed by atoms with E-state index in [9.17, 15) is 13.6 Å². The molecule has 34 heavy (non-hydrogen) atoms. The van der Waals surface area contributed by atoms with Gasteiger partial charge in [-0.25, -0.2) is 14.8 Å². The number of alkyl halides is 2. The fraction of sp³-hybridized carbons (Fsp3) is 0.364. The number of H-pyrrole nitrogens is 1. The summed E-state index contributed by atoms with van der Waals surface area (Å²) in [7, 11) is 3.98. The molecule has 0 aliphatic rings. The first-order chi connectivity index (χ1) is 16.4. The maximum atomic E-state index is 12.8. The molecule has 0 spiro atoms. The van der Waals surface area contributed by atoms with Crippen molar-refractivity contribution in [2.24, 2.45) is 0 Å². The molecule has 0 atom stereocenters. The highest BCUT2D eigenvalue weighted by atomic mass is 19.3. The Balaban J connectivity index is 1.77. The van der Waals surface area contributed by atoms with Crippen molar-refractivity contribution in [2.45, 2.75) is 26.5 Å². The third-order valence-corrected chi connectivity index (χ3v) is 5.03. The molecular formula is C22H25F2N7O3. The summed E-state index contributed by atoms with van der Waals surface area (Å²) in [6, 6.07) is 4.70. The van der Waals surface area contributed by atoms with Crippen molar-refractivity contribution in [1.29, 1.82) is 0 Å². The van der Waals surface area contributed by atoms with E-state index in [4.69, 9.17) is 9.84 Å². The largest absolute Gasteiger partial charge is 0.435 e. The molecule has 0 bridgehead atoms. The number of benzene rings is 1. The summed E-state index contributed by atoms with van der Waals surface area (Å²) in [5.74, 6) is 0.235. The van der Waals surface area contributed by atoms with Crippen LogP contribution in [0.2, 0.25) is 0 Å². The zero-order valence-corrected chi connectivity index (χ0v) is 19.0. The Morgan fingerprint density at radius 1 is 1.32 bits per heavy atom. The number of aromatic amines is 1. The van der Waals surface area contributed by atoms with Crippen molar-refractivity contribution in [3.63, 3.8) is 0 Å². The number of rotatable bonds is 9. The number of nitrogens with one attached hydrogen (secondary N) is 2. The van der Waals surface area contributed by atoms with Gasteiger partial charge in [-0.05, 0) is 52.2 Å². The van der Waals surface area contributed by atoms with Crippen LogP contribution in [0.15, 0.2) is 30.6 Å². The van der Waals surface area contributed by atoms with Crippen LogP contribution in [0.25, 0.3) is 33.5 Å². The molecule has 3 aromatic heterocycles. The quantitative estimate of drug-likeness (QED) is 0.382. The van der Waals surface area contributed by atoms with E-state index in [0.717, 1.165) is 18.5 Å². The van der Waals surface area contributed by atoms with Crippen LogP contribution in [0, 0.1) is 0 Å². The van der Waals surface area contributed by atoms with E-state index in [1.165, 1.54) is 24.5 Å². The molecule has 4 aromatic rings. The van der Waals surface area contributed by atoms with Gasteiger partial charge in [0.1, 0.15) is 17.1 Å². The number of ether oxygens (including phenoxy) is 2. The lowest BCUT2D eigenvalue weighted by Gasteiger charge is -2.09. The Bertz CT molecular complexity index is 1300. The Morgan fingerprint density at radius 3 is 2.88 bits per heavy atom. The molecule has 12 heteroatoms. The highest BCUT2D eigenvalue weighted by molar-refractivity contribution is 5.94. The molecule has 3 heterocycles. The molecular weight excluding hydrogens is 448 g/mol. The van der Waals surface area contributed by atoms with E-state index in [-0.39, 0.29) is 11.5 Å². The monoisotopic (exact) mass is 473 g/mol. The van der Waals surface area contributed by atoms with Gasteiger partial charge in [0.25, 0.3) is 0 Å². The lowest BCUT2D eigenvalue weighted by molar-refractivity contribution is -0.0497. The number of amides is 1. The molecule has 1 aromatic carbocycles. The minimum absolute atomic E-state index is 0.0209. The standard InChI is InChI=1S/C22H25F2N7O3/c1-4-25-22(32)34-17-12-27-20-19(17)28-15(11-26-20)18-14-10-13(33-21(23)24)6-7-16(14)31(29-18)9-5-8-30(2)3/h6-7,10-12,21H,4-5,8-9H2,1-3H3,(H,25,32)(H,26,27). The van der Waals surface area contributed by atoms with Crippen molar-refractivity contribution in [2.75, 3.05) is 27.2 Å². The van der Waals surface area contributed by atoms with Crippen molar-refractivity contribution < 1.29 is 23.0 Å². The Kier molecular flexibility index (Phi) is 6.87. The van der Waals surface area contributed by atoms with Crippen LogP contribution < -0.4 is 14.8 Å². The summed E-state index contributed by atoms with van der Waals surface area (Å²) in [5, 5.41) is 7.86. The third kappa shape index (κ3) is 5.06. The summed E-state index contributed by atoms with van der Waals surface area (Å²) >= 11 is 0. The molecule has 0 fully saturated rings. The highest BCUT2D eigenvalue weighted by Gasteiger charge is 2.19. The summed E-state index contributed by atoms with van der Waals surface area (Å²) in [6.45, 7) is 0.730. The first-order valence-electron chi connectivity index (χ1n) is 10.8. The fourth-order valence-corrected chi connectivity index (χ4v) is 3.57. The maximum absolute atomic E-state index is 12.8. The zero-order chi connectivity index (χ0) is 24.2. The predicted molar refractivity (Wildman–Crippen MR) is 122 cm³/mol. The number of halogens is 2. The molecule has 0 unspecified atom stereocenters. The highest BCUT2D eigenvalue weighted by Crippen LogP contribution is 2.32. The molecule has 1 amide bonds. The molecule has 0 saturated carbocycles. The van der Waals surface area contributed by atoms with Crippen LogP contribution in [0.4, 0.5) is 13.6 Å². The van der Waals surface area contributed by atoms with E-state index >= 15 is 0 Å². The van der Waals surface area contributed by atoms with Crippen molar-refractivity contribution in [1.82, 2.24) is 34.9 Å². The lowest BCUT2D eigenvalue weighted by Crippen LogP contribution is -2.26. The molecule has 0 radical (unpaired) electrons. The second-order valence-electron chi connectivity index (χ2n) is 7.81.